The summed E-state index contributed by atoms with van der Waals surface area (Å²) in [7, 11) is 0. The summed E-state index contributed by atoms with van der Waals surface area (Å²) in [6.45, 7) is 3.83. The molecule has 0 saturated heterocycles. The number of amides is 2. The number of carbonyl (C=O) groups excluding carboxylic acids is 2. The highest BCUT2D eigenvalue weighted by atomic mass is 35.5. The number of benzene rings is 2. The van der Waals surface area contributed by atoms with Gasteiger partial charge in [0.15, 0.2) is 0 Å². The van der Waals surface area contributed by atoms with Gasteiger partial charge in [-0.05, 0) is 24.3 Å². The highest BCUT2D eigenvalue weighted by molar-refractivity contribution is 6.33. The Morgan fingerprint density at radius 1 is 1.00 bits per heavy atom. The van der Waals surface area contributed by atoms with Crippen molar-refractivity contribution in [1.29, 1.82) is 0 Å². The van der Waals surface area contributed by atoms with E-state index in [1.54, 1.807) is 54.6 Å². The number of hydrogen-bond donors (Lipinski definition) is 2. The first kappa shape index (κ1) is 16.6. The van der Waals surface area contributed by atoms with Gasteiger partial charge in [0.1, 0.15) is 12.4 Å². The van der Waals surface area contributed by atoms with Crippen LogP contribution in [0.25, 0.3) is 0 Å². The van der Waals surface area contributed by atoms with E-state index in [1.165, 1.54) is 0 Å². The molecule has 2 aromatic carbocycles. The van der Waals surface area contributed by atoms with Crippen LogP contribution in [-0.2, 0) is 0 Å². The van der Waals surface area contributed by atoms with E-state index >= 15 is 0 Å². The fourth-order valence-corrected chi connectivity index (χ4v) is 2.04. The van der Waals surface area contributed by atoms with E-state index in [-0.39, 0.29) is 12.2 Å². The lowest BCUT2D eigenvalue weighted by Crippen LogP contribution is -2.41. The number of nitrogens with one attached hydrogen (secondary N) is 2. The Morgan fingerprint density at radius 2 is 1.57 bits per heavy atom. The third-order valence-corrected chi connectivity index (χ3v) is 3.23. The van der Waals surface area contributed by atoms with Gasteiger partial charge in [-0.3, -0.25) is 20.4 Å². The second kappa shape index (κ2) is 8.00. The molecule has 0 saturated carbocycles. The standard InChI is InChI=1S/C17H15ClN2O3/c1-2-11-23-15-10-6-4-8-13(15)17(22)20-19-16(21)12-7-3-5-9-14(12)18/h2-10H,1,11H2,(H,19,21)(H,20,22). The van der Waals surface area contributed by atoms with Crippen LogP contribution in [0.15, 0.2) is 61.2 Å². The number of para-hydroxylation sites is 1. The van der Waals surface area contributed by atoms with Gasteiger partial charge < -0.3 is 4.74 Å². The van der Waals surface area contributed by atoms with Crippen LogP contribution in [0.4, 0.5) is 0 Å². The molecule has 2 N–H and O–H groups in total. The number of hydrazine groups is 1. The minimum atomic E-state index is -0.506. The molecule has 0 spiro atoms. The van der Waals surface area contributed by atoms with Crippen molar-refractivity contribution in [2.24, 2.45) is 0 Å². The zero-order valence-corrected chi connectivity index (χ0v) is 13.0. The van der Waals surface area contributed by atoms with Crippen molar-refractivity contribution in [2.75, 3.05) is 6.61 Å². The highest BCUT2D eigenvalue weighted by Gasteiger charge is 2.14. The first-order chi connectivity index (χ1) is 11.1. The van der Waals surface area contributed by atoms with Gasteiger partial charge in [0, 0.05) is 0 Å². The van der Waals surface area contributed by atoms with E-state index in [2.05, 4.69) is 17.4 Å². The molecule has 0 aliphatic heterocycles. The summed E-state index contributed by atoms with van der Waals surface area (Å²) in [6, 6.07) is 13.3. The topological polar surface area (TPSA) is 67.4 Å². The zero-order chi connectivity index (χ0) is 16.7. The van der Waals surface area contributed by atoms with Gasteiger partial charge in [0.2, 0.25) is 0 Å². The molecule has 118 valence electrons. The van der Waals surface area contributed by atoms with E-state index in [0.29, 0.717) is 16.3 Å². The minimum Gasteiger partial charge on any atom is -0.489 e. The van der Waals surface area contributed by atoms with Gasteiger partial charge >= 0.3 is 0 Å². The van der Waals surface area contributed by atoms with Gasteiger partial charge in [-0.25, -0.2) is 0 Å². The molecular weight excluding hydrogens is 316 g/mol. The van der Waals surface area contributed by atoms with Crippen LogP contribution < -0.4 is 15.6 Å². The zero-order valence-electron chi connectivity index (χ0n) is 12.2. The summed E-state index contributed by atoms with van der Waals surface area (Å²) < 4.78 is 5.41. The van der Waals surface area contributed by atoms with E-state index in [9.17, 15) is 9.59 Å². The van der Waals surface area contributed by atoms with Gasteiger partial charge in [0.25, 0.3) is 11.8 Å². The van der Waals surface area contributed by atoms with Gasteiger partial charge in [-0.1, -0.05) is 48.5 Å². The second-order valence-electron chi connectivity index (χ2n) is 4.48. The van der Waals surface area contributed by atoms with Crippen LogP contribution >= 0.6 is 11.6 Å². The maximum absolute atomic E-state index is 12.2. The lowest BCUT2D eigenvalue weighted by molar-refractivity contribution is 0.0844. The van der Waals surface area contributed by atoms with Crippen LogP contribution in [0.3, 0.4) is 0 Å². The van der Waals surface area contributed by atoms with Crippen LogP contribution in [0.2, 0.25) is 5.02 Å². The quantitative estimate of drug-likeness (QED) is 0.654. The molecule has 0 bridgehead atoms. The largest absolute Gasteiger partial charge is 0.489 e. The number of hydrogen-bond acceptors (Lipinski definition) is 3. The minimum absolute atomic E-state index is 0.269. The highest BCUT2D eigenvalue weighted by Crippen LogP contribution is 2.18. The Kier molecular flexibility index (Phi) is 5.77. The Morgan fingerprint density at radius 3 is 2.22 bits per heavy atom. The van der Waals surface area contributed by atoms with Crippen molar-refractivity contribution in [3.8, 4) is 5.75 Å². The Balaban J connectivity index is 2.04. The molecule has 0 heterocycles. The van der Waals surface area contributed by atoms with Crippen LogP contribution in [0.5, 0.6) is 5.75 Å². The van der Waals surface area contributed by atoms with Crippen molar-refractivity contribution in [3.05, 3.63) is 77.3 Å². The monoisotopic (exact) mass is 330 g/mol. The molecule has 2 aromatic rings. The second-order valence-corrected chi connectivity index (χ2v) is 4.89. The predicted molar refractivity (Wildman–Crippen MR) is 88.5 cm³/mol. The lowest BCUT2D eigenvalue weighted by Gasteiger charge is -2.11. The number of ether oxygens (including phenoxy) is 1. The van der Waals surface area contributed by atoms with E-state index < -0.39 is 11.8 Å². The number of halogens is 1. The number of rotatable bonds is 5. The molecule has 0 radical (unpaired) electrons. The third kappa shape index (κ3) is 4.34. The van der Waals surface area contributed by atoms with E-state index in [0.717, 1.165) is 0 Å². The summed E-state index contributed by atoms with van der Waals surface area (Å²) >= 11 is 5.93. The Hall–Kier alpha value is -2.79. The molecule has 2 amide bonds. The van der Waals surface area contributed by atoms with Crippen LogP contribution in [-0.4, -0.2) is 18.4 Å². The smallest absolute Gasteiger partial charge is 0.273 e. The fraction of sp³-hybridized carbons (Fsp3) is 0.0588. The molecule has 2 rings (SSSR count). The number of carbonyl (C=O) groups is 2. The Labute approximate surface area is 138 Å². The SMILES string of the molecule is C=CCOc1ccccc1C(=O)NNC(=O)c1ccccc1Cl. The third-order valence-electron chi connectivity index (χ3n) is 2.90. The maximum atomic E-state index is 12.2. The van der Waals surface area contributed by atoms with Crippen molar-refractivity contribution in [2.45, 2.75) is 0 Å². The molecule has 0 aromatic heterocycles. The van der Waals surface area contributed by atoms with Gasteiger partial charge in [-0.15, -0.1) is 0 Å². The average Bonchev–Trinajstić information content (AvgIpc) is 2.58. The van der Waals surface area contributed by atoms with Gasteiger partial charge in [-0.2, -0.15) is 0 Å². The first-order valence-corrected chi connectivity index (χ1v) is 7.19. The van der Waals surface area contributed by atoms with Crippen molar-refractivity contribution in [3.63, 3.8) is 0 Å². The summed E-state index contributed by atoms with van der Waals surface area (Å²) in [5, 5.41) is 0.300. The molecule has 6 heteroatoms. The summed E-state index contributed by atoms with van der Waals surface area (Å²) in [6.07, 6.45) is 1.58. The predicted octanol–water partition coefficient (Wildman–Crippen LogP) is 2.98. The lowest BCUT2D eigenvalue weighted by atomic mass is 10.2. The molecule has 0 aliphatic rings. The van der Waals surface area contributed by atoms with Gasteiger partial charge in [0.05, 0.1) is 16.1 Å². The normalized spacial score (nSPS) is 9.78. The van der Waals surface area contributed by atoms with Crippen molar-refractivity contribution in [1.82, 2.24) is 10.9 Å². The summed E-state index contributed by atoms with van der Waals surface area (Å²) in [4.78, 5) is 24.2. The molecule has 0 aliphatic carbocycles. The average molecular weight is 331 g/mol. The molecule has 0 fully saturated rings. The molecular formula is C17H15ClN2O3. The van der Waals surface area contributed by atoms with E-state index in [1.807, 2.05) is 0 Å². The fourth-order valence-electron chi connectivity index (χ4n) is 1.82. The maximum Gasteiger partial charge on any atom is 0.273 e. The molecule has 5 nitrogen and oxygen atoms in total. The van der Waals surface area contributed by atoms with Crippen molar-refractivity contribution >= 4 is 23.4 Å². The molecule has 0 unspecified atom stereocenters. The first-order valence-electron chi connectivity index (χ1n) is 6.81. The summed E-state index contributed by atoms with van der Waals surface area (Å²) in [5.74, 6) is -0.601. The molecule has 23 heavy (non-hydrogen) atoms. The van der Waals surface area contributed by atoms with E-state index in [4.69, 9.17) is 16.3 Å². The molecule has 0 atom stereocenters. The summed E-state index contributed by atoms with van der Waals surface area (Å²) in [5.41, 5.74) is 5.23. The van der Waals surface area contributed by atoms with Crippen molar-refractivity contribution < 1.29 is 14.3 Å². The Bertz CT molecular complexity index is 731. The van der Waals surface area contributed by atoms with Crippen LogP contribution in [0.1, 0.15) is 20.7 Å². The van der Waals surface area contributed by atoms with Crippen LogP contribution in [0, 0.1) is 0 Å².